The topological polar surface area (TPSA) is 68.0 Å². The summed E-state index contributed by atoms with van der Waals surface area (Å²) in [6.45, 7) is 11.1. The highest BCUT2D eigenvalue weighted by Crippen LogP contribution is 2.24. The molecule has 0 unspecified atom stereocenters. The Morgan fingerprint density at radius 2 is 2.06 bits per heavy atom. The molecular weight excluding hydrogens is 226 g/mol. The van der Waals surface area contributed by atoms with Crippen molar-refractivity contribution >= 4 is 11.7 Å². The van der Waals surface area contributed by atoms with Crippen molar-refractivity contribution in [2.24, 2.45) is 11.3 Å². The van der Waals surface area contributed by atoms with Gasteiger partial charge < -0.3 is 11.1 Å². The molecule has 1 aromatic heterocycles. The number of amides is 1. The van der Waals surface area contributed by atoms with E-state index < -0.39 is 0 Å². The van der Waals surface area contributed by atoms with E-state index in [2.05, 4.69) is 38.0 Å². The first-order valence-corrected chi connectivity index (χ1v) is 6.25. The molecule has 0 aliphatic heterocycles. The van der Waals surface area contributed by atoms with Crippen LogP contribution in [-0.4, -0.2) is 17.4 Å². The highest BCUT2D eigenvalue weighted by atomic mass is 16.1. The molecule has 3 N–H and O–H groups in total. The van der Waals surface area contributed by atoms with Crippen LogP contribution in [-0.2, 0) is 0 Å². The minimum atomic E-state index is -0.0964. The van der Waals surface area contributed by atoms with E-state index in [0.717, 1.165) is 5.69 Å². The number of aryl methyl sites for hydroxylation is 1. The molecule has 0 spiro atoms. The van der Waals surface area contributed by atoms with Gasteiger partial charge in [-0.3, -0.25) is 4.79 Å². The second kappa shape index (κ2) is 5.38. The number of nitrogen functional groups attached to an aromatic ring is 1. The molecular formula is C14H23N3O. The Balaban J connectivity index is 2.72. The van der Waals surface area contributed by atoms with Gasteiger partial charge in [-0.2, -0.15) is 0 Å². The molecule has 1 rings (SSSR count). The smallest absolute Gasteiger partial charge is 0.251 e. The third kappa shape index (κ3) is 3.72. The van der Waals surface area contributed by atoms with Crippen LogP contribution in [0.15, 0.2) is 12.1 Å². The lowest BCUT2D eigenvalue weighted by Crippen LogP contribution is -2.37. The number of nitrogens with zero attached hydrogens (tertiary/aromatic N) is 1. The Kier molecular flexibility index (Phi) is 4.33. The molecule has 0 aliphatic carbocycles. The van der Waals surface area contributed by atoms with Crippen molar-refractivity contribution < 1.29 is 4.79 Å². The third-order valence-electron chi connectivity index (χ3n) is 3.50. The van der Waals surface area contributed by atoms with Crippen LogP contribution in [0.25, 0.3) is 0 Å². The summed E-state index contributed by atoms with van der Waals surface area (Å²) in [5.41, 5.74) is 7.03. The van der Waals surface area contributed by atoms with Crippen LogP contribution in [0.3, 0.4) is 0 Å². The van der Waals surface area contributed by atoms with Gasteiger partial charge in [0.15, 0.2) is 0 Å². The summed E-state index contributed by atoms with van der Waals surface area (Å²) in [6.07, 6.45) is 0. The van der Waals surface area contributed by atoms with Crippen molar-refractivity contribution in [3.8, 4) is 0 Å². The average molecular weight is 249 g/mol. The zero-order chi connectivity index (χ0) is 13.9. The number of hydrogen-bond acceptors (Lipinski definition) is 3. The minimum absolute atomic E-state index is 0.0727. The summed E-state index contributed by atoms with van der Waals surface area (Å²) < 4.78 is 0. The number of anilines is 1. The predicted octanol–water partition coefficient (Wildman–Crippen LogP) is 2.38. The summed E-state index contributed by atoms with van der Waals surface area (Å²) in [5.74, 6) is 0.784. The standard InChI is InChI=1S/C14H23N3O/c1-9(2)14(4,5)8-16-13(18)11-6-10(3)17-12(15)7-11/h6-7,9H,8H2,1-5H3,(H2,15,17)(H,16,18). The van der Waals surface area contributed by atoms with Gasteiger partial charge >= 0.3 is 0 Å². The second-order valence-corrected chi connectivity index (χ2v) is 5.75. The van der Waals surface area contributed by atoms with Crippen molar-refractivity contribution in [3.05, 3.63) is 23.4 Å². The van der Waals surface area contributed by atoms with Crippen LogP contribution in [0, 0.1) is 18.3 Å². The van der Waals surface area contributed by atoms with Gasteiger partial charge in [-0.15, -0.1) is 0 Å². The molecule has 1 amide bonds. The van der Waals surface area contributed by atoms with E-state index in [1.807, 2.05) is 6.92 Å². The van der Waals surface area contributed by atoms with Crippen molar-refractivity contribution in [1.29, 1.82) is 0 Å². The number of carbonyl (C=O) groups is 1. The average Bonchev–Trinajstić information content (AvgIpc) is 2.24. The Hall–Kier alpha value is -1.58. The van der Waals surface area contributed by atoms with Crippen LogP contribution >= 0.6 is 0 Å². The lowest BCUT2D eigenvalue weighted by Gasteiger charge is -2.29. The number of rotatable bonds is 4. The van der Waals surface area contributed by atoms with Crippen molar-refractivity contribution in [3.63, 3.8) is 0 Å². The maximum Gasteiger partial charge on any atom is 0.251 e. The Morgan fingerprint density at radius 3 is 2.56 bits per heavy atom. The summed E-state index contributed by atoms with van der Waals surface area (Å²) >= 11 is 0. The zero-order valence-corrected chi connectivity index (χ0v) is 11.9. The van der Waals surface area contributed by atoms with E-state index in [1.54, 1.807) is 12.1 Å². The Bertz CT molecular complexity index is 418. The highest BCUT2D eigenvalue weighted by molar-refractivity contribution is 5.94. The van der Waals surface area contributed by atoms with Crippen LogP contribution < -0.4 is 11.1 Å². The normalized spacial score (nSPS) is 11.7. The maximum absolute atomic E-state index is 12.0. The number of aromatic nitrogens is 1. The van der Waals surface area contributed by atoms with Crippen LogP contribution in [0.2, 0.25) is 0 Å². The van der Waals surface area contributed by atoms with Crippen molar-refractivity contribution in [2.75, 3.05) is 12.3 Å². The first kappa shape index (κ1) is 14.5. The molecule has 0 bridgehead atoms. The summed E-state index contributed by atoms with van der Waals surface area (Å²) in [4.78, 5) is 16.1. The van der Waals surface area contributed by atoms with E-state index in [-0.39, 0.29) is 11.3 Å². The molecule has 0 saturated carbocycles. The number of nitrogens with two attached hydrogens (primary N) is 1. The molecule has 1 aromatic rings. The van der Waals surface area contributed by atoms with Gasteiger partial charge in [0.1, 0.15) is 5.82 Å². The fourth-order valence-corrected chi connectivity index (χ4v) is 1.44. The number of hydrogen-bond donors (Lipinski definition) is 2. The minimum Gasteiger partial charge on any atom is -0.384 e. The predicted molar refractivity (Wildman–Crippen MR) is 74.3 cm³/mol. The molecule has 18 heavy (non-hydrogen) atoms. The molecule has 4 heteroatoms. The lowest BCUT2D eigenvalue weighted by atomic mass is 9.81. The molecule has 0 aliphatic rings. The fraction of sp³-hybridized carbons (Fsp3) is 0.571. The summed E-state index contributed by atoms with van der Waals surface area (Å²) in [6, 6.07) is 3.35. The monoisotopic (exact) mass is 249 g/mol. The van der Waals surface area contributed by atoms with E-state index in [9.17, 15) is 4.79 Å². The van der Waals surface area contributed by atoms with Crippen molar-refractivity contribution in [2.45, 2.75) is 34.6 Å². The number of carbonyl (C=O) groups excluding carboxylic acids is 1. The third-order valence-corrected chi connectivity index (χ3v) is 3.50. The molecule has 0 atom stereocenters. The Labute approximate surface area is 109 Å². The van der Waals surface area contributed by atoms with Crippen LogP contribution in [0.1, 0.15) is 43.7 Å². The largest absolute Gasteiger partial charge is 0.384 e. The number of nitrogens with one attached hydrogen (secondary N) is 1. The second-order valence-electron chi connectivity index (χ2n) is 5.75. The van der Waals surface area contributed by atoms with Crippen molar-refractivity contribution in [1.82, 2.24) is 10.3 Å². The quantitative estimate of drug-likeness (QED) is 0.861. The summed E-state index contributed by atoms with van der Waals surface area (Å²) in [7, 11) is 0. The molecule has 0 fully saturated rings. The molecule has 0 saturated heterocycles. The molecule has 100 valence electrons. The van der Waals surface area contributed by atoms with E-state index in [0.29, 0.717) is 23.8 Å². The first-order chi connectivity index (χ1) is 8.22. The van der Waals surface area contributed by atoms with Gasteiger partial charge in [-0.05, 0) is 30.4 Å². The van der Waals surface area contributed by atoms with Gasteiger partial charge in [0.05, 0.1) is 0 Å². The van der Waals surface area contributed by atoms with Gasteiger partial charge in [0.2, 0.25) is 0 Å². The van der Waals surface area contributed by atoms with Gasteiger partial charge in [-0.25, -0.2) is 4.98 Å². The Morgan fingerprint density at radius 1 is 1.44 bits per heavy atom. The molecule has 0 radical (unpaired) electrons. The molecule has 4 nitrogen and oxygen atoms in total. The summed E-state index contributed by atoms with van der Waals surface area (Å²) in [5, 5.41) is 2.95. The fourth-order valence-electron chi connectivity index (χ4n) is 1.44. The van der Waals surface area contributed by atoms with Gasteiger partial charge in [0, 0.05) is 17.8 Å². The van der Waals surface area contributed by atoms with E-state index >= 15 is 0 Å². The first-order valence-electron chi connectivity index (χ1n) is 6.25. The SMILES string of the molecule is Cc1cc(C(=O)NCC(C)(C)C(C)C)cc(N)n1. The number of pyridine rings is 1. The molecule has 1 heterocycles. The van der Waals surface area contributed by atoms with Crippen LogP contribution in [0.5, 0.6) is 0 Å². The van der Waals surface area contributed by atoms with Gasteiger partial charge in [0.25, 0.3) is 5.91 Å². The lowest BCUT2D eigenvalue weighted by molar-refractivity contribution is 0.0924. The zero-order valence-electron chi connectivity index (χ0n) is 11.9. The maximum atomic E-state index is 12.0. The highest BCUT2D eigenvalue weighted by Gasteiger charge is 2.23. The van der Waals surface area contributed by atoms with Crippen LogP contribution in [0.4, 0.5) is 5.82 Å². The van der Waals surface area contributed by atoms with Gasteiger partial charge in [-0.1, -0.05) is 27.7 Å². The molecule has 0 aromatic carbocycles. The van der Waals surface area contributed by atoms with E-state index in [1.165, 1.54) is 0 Å². The van der Waals surface area contributed by atoms with E-state index in [4.69, 9.17) is 5.73 Å².